The third-order valence-electron chi connectivity index (χ3n) is 3.40. The zero-order valence-electron chi connectivity index (χ0n) is 13.5. The molecule has 0 aliphatic rings. The number of rotatable bonds is 4. The van der Waals surface area contributed by atoms with E-state index in [1.165, 1.54) is 6.08 Å². The van der Waals surface area contributed by atoms with Gasteiger partial charge in [-0.25, -0.2) is 0 Å². The van der Waals surface area contributed by atoms with Crippen LogP contribution in [0.3, 0.4) is 0 Å². The lowest BCUT2D eigenvalue weighted by molar-refractivity contribution is -0.115. The fourth-order valence-electron chi connectivity index (χ4n) is 2.13. The lowest BCUT2D eigenvalue weighted by Gasteiger charge is -2.10. The topological polar surface area (TPSA) is 76.1 Å². The molecule has 0 fully saturated rings. The van der Waals surface area contributed by atoms with E-state index >= 15 is 0 Å². The van der Waals surface area contributed by atoms with Crippen molar-refractivity contribution in [3.8, 4) is 5.75 Å². The van der Waals surface area contributed by atoms with Crippen LogP contribution in [0.4, 0.5) is 5.69 Å². The standard InChI is InChI=1S/C17H13ClN4O2S2/c1-24-11-5-2-10(3-6-11)4-9-14(23)19-17(25)20-15-12(18)7-8-13-16(15)22-26-21-13/h2-9H,1H3,(H2,19,20,23,25)/b9-4+. The summed E-state index contributed by atoms with van der Waals surface area (Å²) in [5.41, 5.74) is 2.69. The van der Waals surface area contributed by atoms with Gasteiger partial charge in [0.05, 0.1) is 29.5 Å². The number of carbonyl (C=O) groups excluding carboxylic acids is 1. The second-order valence-corrected chi connectivity index (χ2v) is 6.45. The summed E-state index contributed by atoms with van der Waals surface area (Å²) in [6.07, 6.45) is 3.07. The van der Waals surface area contributed by atoms with Crippen LogP contribution in [0.25, 0.3) is 17.1 Å². The number of carbonyl (C=O) groups is 1. The Hall–Kier alpha value is -2.55. The highest BCUT2D eigenvalue weighted by atomic mass is 35.5. The fraction of sp³-hybridized carbons (Fsp3) is 0.0588. The molecule has 0 spiro atoms. The van der Waals surface area contributed by atoms with Crippen LogP contribution in [0.1, 0.15) is 5.56 Å². The van der Waals surface area contributed by atoms with Gasteiger partial charge in [0.15, 0.2) is 5.11 Å². The van der Waals surface area contributed by atoms with Crippen molar-refractivity contribution in [3.05, 3.63) is 53.1 Å². The van der Waals surface area contributed by atoms with Gasteiger partial charge in [0.2, 0.25) is 5.91 Å². The van der Waals surface area contributed by atoms with E-state index in [9.17, 15) is 4.79 Å². The van der Waals surface area contributed by atoms with Crippen LogP contribution in [0.15, 0.2) is 42.5 Å². The number of hydrogen-bond donors (Lipinski definition) is 2. The number of halogens is 1. The molecule has 0 aliphatic heterocycles. The molecule has 6 nitrogen and oxygen atoms in total. The van der Waals surface area contributed by atoms with E-state index in [2.05, 4.69) is 19.4 Å². The molecular formula is C17H13ClN4O2S2. The first-order valence-corrected chi connectivity index (χ1v) is 8.93. The molecule has 2 aromatic carbocycles. The summed E-state index contributed by atoms with van der Waals surface area (Å²) in [6.45, 7) is 0. The predicted molar refractivity (Wildman–Crippen MR) is 109 cm³/mol. The Kier molecular flexibility index (Phi) is 5.77. The van der Waals surface area contributed by atoms with Crippen LogP contribution in [-0.2, 0) is 4.79 Å². The fourth-order valence-corrected chi connectivity index (χ4v) is 3.08. The molecule has 3 aromatic rings. The van der Waals surface area contributed by atoms with Crippen LogP contribution >= 0.6 is 35.5 Å². The Morgan fingerprint density at radius 1 is 1.23 bits per heavy atom. The van der Waals surface area contributed by atoms with Crippen molar-refractivity contribution in [1.29, 1.82) is 0 Å². The lowest BCUT2D eigenvalue weighted by atomic mass is 10.2. The molecule has 1 aromatic heterocycles. The molecule has 3 rings (SSSR count). The van der Waals surface area contributed by atoms with Crippen molar-refractivity contribution >= 4 is 69.4 Å². The summed E-state index contributed by atoms with van der Waals surface area (Å²) in [5.74, 6) is 0.387. The molecule has 1 heterocycles. The Morgan fingerprint density at radius 2 is 2.00 bits per heavy atom. The number of nitrogens with one attached hydrogen (secondary N) is 2. The van der Waals surface area contributed by atoms with E-state index in [1.54, 1.807) is 25.3 Å². The van der Waals surface area contributed by atoms with Gasteiger partial charge in [-0.15, -0.1) is 0 Å². The number of methoxy groups -OCH3 is 1. The highest BCUT2D eigenvalue weighted by molar-refractivity contribution is 7.80. The monoisotopic (exact) mass is 404 g/mol. The second kappa shape index (κ2) is 8.22. The lowest BCUT2D eigenvalue weighted by Crippen LogP contribution is -2.33. The number of fused-ring (bicyclic) bond motifs is 1. The summed E-state index contributed by atoms with van der Waals surface area (Å²) in [7, 11) is 1.60. The molecule has 0 saturated carbocycles. The smallest absolute Gasteiger partial charge is 0.250 e. The van der Waals surface area contributed by atoms with Crippen LogP contribution in [0.5, 0.6) is 5.75 Å². The Balaban J connectivity index is 1.63. The Labute approximate surface area is 164 Å². The maximum Gasteiger partial charge on any atom is 0.250 e. The van der Waals surface area contributed by atoms with Gasteiger partial charge >= 0.3 is 0 Å². The van der Waals surface area contributed by atoms with E-state index in [1.807, 2.05) is 24.3 Å². The summed E-state index contributed by atoms with van der Waals surface area (Å²) < 4.78 is 13.4. The van der Waals surface area contributed by atoms with E-state index in [4.69, 9.17) is 28.6 Å². The highest BCUT2D eigenvalue weighted by Gasteiger charge is 2.12. The number of hydrogen-bond acceptors (Lipinski definition) is 6. The maximum absolute atomic E-state index is 12.0. The summed E-state index contributed by atoms with van der Waals surface area (Å²) in [4.78, 5) is 12.0. The average molecular weight is 405 g/mol. The van der Waals surface area contributed by atoms with Crippen molar-refractivity contribution in [2.45, 2.75) is 0 Å². The minimum absolute atomic E-state index is 0.122. The summed E-state index contributed by atoms with van der Waals surface area (Å²) in [6, 6.07) is 10.8. The van der Waals surface area contributed by atoms with Gasteiger partial charge in [-0.2, -0.15) is 8.75 Å². The molecule has 0 bridgehead atoms. The number of nitrogens with zero attached hydrogens (tertiary/aromatic N) is 2. The van der Waals surface area contributed by atoms with Crippen LogP contribution in [0, 0.1) is 0 Å². The van der Waals surface area contributed by atoms with Gasteiger partial charge in [0.1, 0.15) is 16.8 Å². The highest BCUT2D eigenvalue weighted by Crippen LogP contribution is 2.29. The number of anilines is 1. The zero-order chi connectivity index (χ0) is 18.5. The van der Waals surface area contributed by atoms with Crippen LogP contribution in [-0.4, -0.2) is 26.9 Å². The van der Waals surface area contributed by atoms with E-state index in [-0.39, 0.29) is 11.0 Å². The average Bonchev–Trinajstić information content (AvgIpc) is 3.12. The number of amides is 1. The van der Waals surface area contributed by atoms with Crippen molar-refractivity contribution in [2.75, 3.05) is 12.4 Å². The third-order valence-corrected chi connectivity index (χ3v) is 4.46. The molecule has 132 valence electrons. The first-order chi connectivity index (χ1) is 12.6. The Bertz CT molecular complexity index is 986. The number of benzene rings is 2. The van der Waals surface area contributed by atoms with Crippen molar-refractivity contribution in [1.82, 2.24) is 14.1 Å². The Morgan fingerprint density at radius 3 is 2.73 bits per heavy atom. The molecule has 26 heavy (non-hydrogen) atoms. The van der Waals surface area contributed by atoms with Crippen molar-refractivity contribution in [2.24, 2.45) is 0 Å². The SMILES string of the molecule is COc1ccc(/C=C/C(=O)NC(=S)Nc2c(Cl)ccc3nsnc23)cc1. The van der Waals surface area contributed by atoms with Crippen LogP contribution < -0.4 is 15.4 Å². The normalized spacial score (nSPS) is 10.8. The molecule has 0 unspecified atom stereocenters. The van der Waals surface area contributed by atoms with E-state index < -0.39 is 0 Å². The molecule has 0 saturated heterocycles. The summed E-state index contributed by atoms with van der Waals surface area (Å²) in [5, 5.41) is 6.04. The predicted octanol–water partition coefficient (Wildman–Crippen LogP) is 3.88. The zero-order valence-corrected chi connectivity index (χ0v) is 15.9. The first-order valence-electron chi connectivity index (χ1n) is 7.41. The maximum atomic E-state index is 12.0. The largest absolute Gasteiger partial charge is 0.497 e. The molecule has 0 atom stereocenters. The summed E-state index contributed by atoms with van der Waals surface area (Å²) >= 11 is 12.4. The van der Waals surface area contributed by atoms with Gasteiger partial charge in [0, 0.05) is 6.08 Å². The molecule has 2 N–H and O–H groups in total. The third kappa shape index (κ3) is 4.34. The molecule has 0 radical (unpaired) electrons. The second-order valence-electron chi connectivity index (χ2n) is 5.10. The quantitative estimate of drug-likeness (QED) is 0.507. The van der Waals surface area contributed by atoms with Gasteiger partial charge < -0.3 is 10.1 Å². The molecule has 0 aliphatic carbocycles. The minimum atomic E-state index is -0.363. The molecule has 9 heteroatoms. The molecule has 1 amide bonds. The number of ether oxygens (including phenoxy) is 1. The van der Waals surface area contributed by atoms with Crippen LogP contribution in [0.2, 0.25) is 5.02 Å². The number of thiocarbonyl (C=S) groups is 1. The van der Waals surface area contributed by atoms with Gasteiger partial charge in [-0.05, 0) is 48.1 Å². The van der Waals surface area contributed by atoms with Gasteiger partial charge in [-0.1, -0.05) is 23.7 Å². The van der Waals surface area contributed by atoms with E-state index in [0.717, 1.165) is 23.0 Å². The number of aromatic nitrogens is 2. The van der Waals surface area contributed by atoms with E-state index in [0.29, 0.717) is 21.7 Å². The minimum Gasteiger partial charge on any atom is -0.497 e. The van der Waals surface area contributed by atoms with Crippen molar-refractivity contribution < 1.29 is 9.53 Å². The van der Waals surface area contributed by atoms with Gasteiger partial charge in [-0.3, -0.25) is 10.1 Å². The van der Waals surface area contributed by atoms with Crippen molar-refractivity contribution in [3.63, 3.8) is 0 Å². The van der Waals surface area contributed by atoms with Gasteiger partial charge in [0.25, 0.3) is 0 Å². The first kappa shape index (κ1) is 18.2. The molecular weight excluding hydrogens is 392 g/mol.